The monoisotopic (exact) mass is 295 g/mol. The number of amides is 1. The second-order valence-corrected chi connectivity index (χ2v) is 5.75. The summed E-state index contributed by atoms with van der Waals surface area (Å²) in [7, 11) is 0. The number of aromatic nitrogens is 2. The summed E-state index contributed by atoms with van der Waals surface area (Å²) in [5, 5.41) is 20.9. The van der Waals surface area contributed by atoms with Gasteiger partial charge in [-0.1, -0.05) is 30.4 Å². The molecule has 0 aliphatic carbocycles. The Morgan fingerprint density at radius 1 is 1.35 bits per heavy atom. The predicted octanol–water partition coefficient (Wildman–Crippen LogP) is 0.693. The average Bonchev–Trinajstić information content (AvgIpc) is 3.12. The summed E-state index contributed by atoms with van der Waals surface area (Å²) in [6.07, 6.45) is 3.19. The summed E-state index contributed by atoms with van der Waals surface area (Å²) in [5.41, 5.74) is 0. The van der Waals surface area contributed by atoms with E-state index in [2.05, 4.69) is 15.5 Å². The maximum Gasteiger partial charge on any atom is 0.310 e. The van der Waals surface area contributed by atoms with Crippen LogP contribution < -0.4 is 5.32 Å². The average molecular weight is 295 g/mol. The fourth-order valence-electron chi connectivity index (χ4n) is 2.55. The number of nitrogens with one attached hydrogen (secondary N) is 1. The quantitative estimate of drug-likeness (QED) is 0.793. The lowest BCUT2D eigenvalue weighted by Gasteiger charge is -2.20. The molecule has 0 radical (unpaired) electrons. The van der Waals surface area contributed by atoms with E-state index in [1.165, 1.54) is 11.3 Å². The molecule has 4 atom stereocenters. The summed E-state index contributed by atoms with van der Waals surface area (Å²) in [4.78, 5) is 23.6. The van der Waals surface area contributed by atoms with E-state index in [0.29, 0.717) is 5.13 Å². The number of carboxylic acid groups (broad SMARTS) is 1. The molecule has 0 unspecified atom stereocenters. The van der Waals surface area contributed by atoms with Crippen LogP contribution in [0.15, 0.2) is 12.2 Å². The van der Waals surface area contributed by atoms with Crippen LogP contribution in [0.25, 0.3) is 0 Å². The highest BCUT2D eigenvalue weighted by atomic mass is 32.1. The van der Waals surface area contributed by atoms with Crippen molar-refractivity contribution in [2.75, 3.05) is 5.32 Å². The van der Waals surface area contributed by atoms with Gasteiger partial charge in [0, 0.05) is 0 Å². The lowest BCUT2D eigenvalue weighted by molar-refractivity contribution is -0.145. The Balaban J connectivity index is 1.76. The van der Waals surface area contributed by atoms with Gasteiger partial charge in [0.25, 0.3) is 0 Å². The van der Waals surface area contributed by atoms with Crippen LogP contribution in [0.5, 0.6) is 0 Å². The number of hydrogen-bond acceptors (Lipinski definition) is 6. The fraction of sp³-hybridized carbons (Fsp3) is 0.500. The number of carbonyl (C=O) groups excluding carboxylic acids is 1. The Labute approximate surface area is 118 Å². The molecule has 1 aromatic heterocycles. The predicted molar refractivity (Wildman–Crippen MR) is 70.3 cm³/mol. The maximum absolute atomic E-state index is 12.3. The highest BCUT2D eigenvalue weighted by Gasteiger charge is 2.53. The number of fused-ring (bicyclic) bond motifs is 2. The molecule has 1 saturated heterocycles. The number of aryl methyl sites for hydroxylation is 1. The van der Waals surface area contributed by atoms with E-state index >= 15 is 0 Å². The Bertz CT molecular complexity index is 585. The SMILES string of the molecule is CCc1nnc(NC(=O)[C@H]2[C@@H](C(=O)O)[C@H]3C=C[C@@H]2O3)s1. The lowest BCUT2D eigenvalue weighted by atomic mass is 9.82. The molecule has 2 aliphatic rings. The molecular formula is C12H13N3O4S. The van der Waals surface area contributed by atoms with Crippen molar-refractivity contribution in [1.29, 1.82) is 0 Å². The summed E-state index contributed by atoms with van der Waals surface area (Å²) in [5.74, 6) is -2.97. The molecule has 2 aliphatic heterocycles. The van der Waals surface area contributed by atoms with Gasteiger partial charge >= 0.3 is 5.97 Å². The molecule has 0 spiro atoms. The molecule has 7 nitrogen and oxygen atoms in total. The van der Waals surface area contributed by atoms with Crippen LogP contribution in [0, 0.1) is 11.8 Å². The van der Waals surface area contributed by atoms with Gasteiger partial charge in [-0.15, -0.1) is 10.2 Å². The van der Waals surface area contributed by atoms with E-state index in [-0.39, 0.29) is 5.91 Å². The van der Waals surface area contributed by atoms with Crippen LogP contribution in [0.3, 0.4) is 0 Å². The van der Waals surface area contributed by atoms with Gasteiger partial charge in [0.2, 0.25) is 11.0 Å². The minimum Gasteiger partial charge on any atom is -0.481 e. The standard InChI is InChI=1S/C12H13N3O4S/c1-2-7-14-15-12(20-7)13-10(16)8-5-3-4-6(19-5)9(8)11(17)18/h3-6,8-9H,2H2,1H3,(H,17,18)(H,13,15,16)/t5-,6+,8+,9-/m0/s1. The van der Waals surface area contributed by atoms with Crippen molar-refractivity contribution in [2.45, 2.75) is 25.6 Å². The first-order valence-corrected chi connectivity index (χ1v) is 7.11. The molecule has 1 amide bonds. The smallest absolute Gasteiger partial charge is 0.310 e. The van der Waals surface area contributed by atoms with Crippen LogP contribution >= 0.6 is 11.3 Å². The van der Waals surface area contributed by atoms with Gasteiger partial charge in [-0.05, 0) is 6.42 Å². The van der Waals surface area contributed by atoms with Crippen molar-refractivity contribution in [3.8, 4) is 0 Å². The van der Waals surface area contributed by atoms with Crippen molar-refractivity contribution in [3.63, 3.8) is 0 Å². The van der Waals surface area contributed by atoms with Crippen molar-refractivity contribution in [1.82, 2.24) is 10.2 Å². The molecular weight excluding hydrogens is 282 g/mol. The van der Waals surface area contributed by atoms with Gasteiger partial charge in [0.15, 0.2) is 0 Å². The molecule has 2 bridgehead atoms. The Kier molecular flexibility index (Phi) is 3.27. The maximum atomic E-state index is 12.3. The normalized spacial score (nSPS) is 30.6. The van der Waals surface area contributed by atoms with Gasteiger partial charge in [0.1, 0.15) is 10.9 Å². The van der Waals surface area contributed by atoms with Gasteiger partial charge in [-0.2, -0.15) is 0 Å². The second kappa shape index (κ2) is 4.95. The number of aliphatic carboxylic acids is 1. The molecule has 3 rings (SSSR count). The van der Waals surface area contributed by atoms with Crippen LogP contribution in [-0.4, -0.2) is 39.4 Å². The van der Waals surface area contributed by atoms with E-state index in [1.54, 1.807) is 12.2 Å². The van der Waals surface area contributed by atoms with Crippen molar-refractivity contribution in [3.05, 3.63) is 17.2 Å². The fourth-order valence-corrected chi connectivity index (χ4v) is 3.23. The first kappa shape index (κ1) is 13.2. The molecule has 0 aromatic carbocycles. The van der Waals surface area contributed by atoms with E-state index in [4.69, 9.17) is 4.74 Å². The highest BCUT2D eigenvalue weighted by Crippen LogP contribution is 2.39. The molecule has 0 saturated carbocycles. The Morgan fingerprint density at radius 2 is 2.05 bits per heavy atom. The van der Waals surface area contributed by atoms with E-state index in [1.807, 2.05) is 6.92 Å². The van der Waals surface area contributed by atoms with Gasteiger partial charge in [0.05, 0.1) is 18.1 Å². The van der Waals surface area contributed by atoms with Gasteiger partial charge in [-0.3, -0.25) is 9.59 Å². The minimum absolute atomic E-state index is 0.381. The zero-order valence-electron chi connectivity index (χ0n) is 10.6. The van der Waals surface area contributed by atoms with Gasteiger partial charge < -0.3 is 15.2 Å². The van der Waals surface area contributed by atoms with Gasteiger partial charge in [-0.25, -0.2) is 0 Å². The summed E-state index contributed by atoms with van der Waals surface area (Å²) >= 11 is 1.29. The largest absolute Gasteiger partial charge is 0.481 e. The Morgan fingerprint density at radius 3 is 2.65 bits per heavy atom. The molecule has 20 heavy (non-hydrogen) atoms. The third-order valence-electron chi connectivity index (χ3n) is 3.49. The van der Waals surface area contributed by atoms with E-state index in [9.17, 15) is 14.7 Å². The third kappa shape index (κ3) is 2.10. The molecule has 3 heterocycles. The zero-order chi connectivity index (χ0) is 14.3. The summed E-state index contributed by atoms with van der Waals surface area (Å²) in [6.45, 7) is 1.95. The number of carboxylic acids is 1. The molecule has 1 fully saturated rings. The van der Waals surface area contributed by atoms with E-state index in [0.717, 1.165) is 11.4 Å². The van der Waals surface area contributed by atoms with Crippen LogP contribution in [0.4, 0.5) is 5.13 Å². The first-order chi connectivity index (χ1) is 9.60. The number of carbonyl (C=O) groups is 2. The van der Waals surface area contributed by atoms with Crippen molar-refractivity contribution < 1.29 is 19.4 Å². The number of anilines is 1. The first-order valence-electron chi connectivity index (χ1n) is 6.30. The highest BCUT2D eigenvalue weighted by molar-refractivity contribution is 7.15. The molecule has 1 aromatic rings. The molecule has 2 N–H and O–H groups in total. The topological polar surface area (TPSA) is 101 Å². The van der Waals surface area contributed by atoms with Crippen molar-refractivity contribution in [2.24, 2.45) is 11.8 Å². The molecule has 106 valence electrons. The van der Waals surface area contributed by atoms with E-state index < -0.39 is 30.0 Å². The number of ether oxygens (including phenoxy) is 1. The lowest BCUT2D eigenvalue weighted by Crippen LogP contribution is -2.39. The summed E-state index contributed by atoms with van der Waals surface area (Å²) in [6, 6.07) is 0. The van der Waals surface area contributed by atoms with Crippen LogP contribution in [0.2, 0.25) is 0 Å². The Hall–Kier alpha value is -1.80. The number of rotatable bonds is 4. The van der Waals surface area contributed by atoms with Crippen molar-refractivity contribution >= 4 is 28.3 Å². The zero-order valence-corrected chi connectivity index (χ0v) is 11.5. The van der Waals surface area contributed by atoms with Crippen LogP contribution in [0.1, 0.15) is 11.9 Å². The van der Waals surface area contributed by atoms with Crippen LogP contribution in [-0.2, 0) is 20.7 Å². The number of nitrogens with zero attached hydrogens (tertiary/aromatic N) is 2. The second-order valence-electron chi connectivity index (χ2n) is 4.68. The summed E-state index contributed by atoms with van der Waals surface area (Å²) < 4.78 is 5.46. The third-order valence-corrected chi connectivity index (χ3v) is 4.47. The number of hydrogen-bond donors (Lipinski definition) is 2. The minimum atomic E-state index is -1.02. The molecule has 8 heteroatoms.